The van der Waals surface area contributed by atoms with Crippen molar-refractivity contribution in [1.29, 1.82) is 0 Å². The van der Waals surface area contributed by atoms with Crippen molar-refractivity contribution in [3.8, 4) is 0 Å². The topological polar surface area (TPSA) is 75.7 Å². The zero-order valence-electron chi connectivity index (χ0n) is 11.9. The second-order valence-electron chi connectivity index (χ2n) is 4.13. The lowest BCUT2D eigenvalue weighted by molar-refractivity contribution is -0.141. The first-order valence-corrected chi connectivity index (χ1v) is 7.86. The summed E-state index contributed by atoms with van der Waals surface area (Å²) >= 11 is 0. The van der Waals surface area contributed by atoms with Gasteiger partial charge in [0.1, 0.15) is 11.4 Å². The maximum Gasteiger partial charge on any atom is 0.325 e. The summed E-state index contributed by atoms with van der Waals surface area (Å²) in [7, 11) is -1.93. The van der Waals surface area contributed by atoms with Crippen LogP contribution < -0.4 is 9.62 Å². The van der Waals surface area contributed by atoms with Crippen molar-refractivity contribution < 1.29 is 17.9 Å². The number of nitrogens with one attached hydrogen (secondary N) is 1. The number of rotatable bonds is 7. The maximum atomic E-state index is 12.1. The van der Waals surface area contributed by atoms with Crippen LogP contribution in [-0.4, -0.2) is 41.1 Å². The van der Waals surface area contributed by atoms with Gasteiger partial charge in [0, 0.05) is 13.6 Å². The predicted octanol–water partition coefficient (Wildman–Crippen LogP) is 0.984. The van der Waals surface area contributed by atoms with E-state index in [0.29, 0.717) is 18.8 Å². The molecule has 1 rings (SSSR count). The number of carbonyl (C=O) groups excluding carboxylic acids is 1. The molecule has 0 aromatic heterocycles. The normalized spacial score (nSPS) is 11.2. The first-order valence-electron chi connectivity index (χ1n) is 6.37. The van der Waals surface area contributed by atoms with Crippen LogP contribution in [0.15, 0.2) is 29.2 Å². The number of carbonyl (C=O) groups is 1. The molecule has 0 bridgehead atoms. The number of hydrogen-bond acceptors (Lipinski definition) is 5. The number of anilines is 1. The van der Waals surface area contributed by atoms with E-state index >= 15 is 0 Å². The fraction of sp³-hybridized carbons (Fsp3) is 0.462. The average Bonchev–Trinajstić information content (AvgIpc) is 2.39. The molecule has 0 aliphatic heterocycles. The smallest absolute Gasteiger partial charge is 0.325 e. The monoisotopic (exact) mass is 300 g/mol. The molecule has 7 heteroatoms. The highest BCUT2D eigenvalue weighted by molar-refractivity contribution is 7.89. The molecule has 1 N–H and O–H groups in total. The summed E-state index contributed by atoms with van der Waals surface area (Å²) < 4.78 is 31.5. The number of benzene rings is 1. The Balaban J connectivity index is 3.04. The Labute approximate surface area is 119 Å². The number of nitrogens with zero attached hydrogens (tertiary/aromatic N) is 1. The Morgan fingerprint density at radius 3 is 2.55 bits per heavy atom. The van der Waals surface area contributed by atoms with E-state index in [2.05, 4.69) is 4.72 Å². The molecule has 0 aliphatic carbocycles. The molecule has 0 aliphatic rings. The minimum absolute atomic E-state index is 0.00744. The number of esters is 1. The Morgan fingerprint density at radius 2 is 1.95 bits per heavy atom. The maximum absolute atomic E-state index is 12.1. The van der Waals surface area contributed by atoms with E-state index in [9.17, 15) is 13.2 Å². The van der Waals surface area contributed by atoms with Crippen LogP contribution in [0.2, 0.25) is 0 Å². The summed E-state index contributed by atoms with van der Waals surface area (Å²) in [5, 5.41) is 0. The number of likely N-dealkylation sites (N-methyl/N-ethyl adjacent to an activating group) is 1. The van der Waals surface area contributed by atoms with Crippen LogP contribution in [0.1, 0.15) is 13.8 Å². The molecule has 0 unspecified atom stereocenters. The van der Waals surface area contributed by atoms with Crippen molar-refractivity contribution in [2.24, 2.45) is 0 Å². The molecule has 0 atom stereocenters. The second kappa shape index (κ2) is 7.25. The van der Waals surface area contributed by atoms with Crippen molar-refractivity contribution in [3.05, 3.63) is 24.3 Å². The zero-order valence-corrected chi connectivity index (χ0v) is 12.7. The quantitative estimate of drug-likeness (QED) is 0.760. The van der Waals surface area contributed by atoms with Crippen LogP contribution >= 0.6 is 0 Å². The van der Waals surface area contributed by atoms with Crippen molar-refractivity contribution in [1.82, 2.24) is 4.72 Å². The van der Waals surface area contributed by atoms with Gasteiger partial charge in [0.2, 0.25) is 10.0 Å². The van der Waals surface area contributed by atoms with Crippen LogP contribution in [0.25, 0.3) is 0 Å². The van der Waals surface area contributed by atoms with Gasteiger partial charge >= 0.3 is 5.97 Å². The average molecular weight is 300 g/mol. The van der Waals surface area contributed by atoms with Crippen molar-refractivity contribution >= 4 is 21.7 Å². The van der Waals surface area contributed by atoms with Crippen molar-refractivity contribution in [3.63, 3.8) is 0 Å². The first-order chi connectivity index (χ1) is 9.42. The van der Waals surface area contributed by atoms with Gasteiger partial charge in [-0.1, -0.05) is 19.1 Å². The molecule has 0 saturated carbocycles. The molecule has 6 nitrogen and oxygen atoms in total. The Bertz CT molecular complexity index is 557. The number of sulfonamides is 1. The van der Waals surface area contributed by atoms with Gasteiger partial charge in [0.25, 0.3) is 0 Å². The van der Waals surface area contributed by atoms with Gasteiger partial charge in [-0.3, -0.25) is 4.79 Å². The number of ether oxygens (including phenoxy) is 1. The number of para-hydroxylation sites is 1. The Kier molecular flexibility index (Phi) is 5.97. The summed E-state index contributed by atoms with van der Waals surface area (Å²) in [5.74, 6) is -0.398. The van der Waals surface area contributed by atoms with E-state index in [4.69, 9.17) is 4.74 Å². The molecule has 1 aromatic rings. The van der Waals surface area contributed by atoms with Gasteiger partial charge in [-0.05, 0) is 19.1 Å². The number of hydrogen-bond donors (Lipinski definition) is 1. The van der Waals surface area contributed by atoms with Crippen LogP contribution in [0.3, 0.4) is 0 Å². The third-order valence-electron chi connectivity index (χ3n) is 2.57. The van der Waals surface area contributed by atoms with Crippen LogP contribution in [-0.2, 0) is 19.6 Å². The van der Waals surface area contributed by atoms with Crippen LogP contribution in [0.5, 0.6) is 0 Å². The van der Waals surface area contributed by atoms with Gasteiger partial charge in [-0.15, -0.1) is 0 Å². The second-order valence-corrected chi connectivity index (χ2v) is 5.87. The van der Waals surface area contributed by atoms with E-state index in [1.807, 2.05) is 0 Å². The summed E-state index contributed by atoms with van der Waals surface area (Å²) in [6.07, 6.45) is 0. The van der Waals surface area contributed by atoms with Crippen molar-refractivity contribution in [2.75, 3.05) is 31.6 Å². The summed E-state index contributed by atoms with van der Waals surface area (Å²) in [6, 6.07) is 6.53. The van der Waals surface area contributed by atoms with Gasteiger partial charge in [0.15, 0.2) is 0 Å². The highest BCUT2D eigenvalue weighted by Crippen LogP contribution is 2.23. The van der Waals surface area contributed by atoms with Gasteiger partial charge in [-0.2, -0.15) is 0 Å². The standard InChI is InChI=1S/C13H20N2O4S/c1-4-14-20(17,18)12-9-7-6-8-11(12)15(3)10-13(16)19-5-2/h6-9,14H,4-5,10H2,1-3H3. The van der Waals surface area contributed by atoms with Gasteiger partial charge in [-0.25, -0.2) is 13.1 Å². The first kappa shape index (κ1) is 16.5. The summed E-state index contributed by atoms with van der Waals surface area (Å²) in [5.41, 5.74) is 0.460. The van der Waals surface area contributed by atoms with E-state index < -0.39 is 16.0 Å². The summed E-state index contributed by atoms with van der Waals surface area (Å²) in [6.45, 7) is 4.03. The van der Waals surface area contributed by atoms with Crippen LogP contribution in [0, 0.1) is 0 Å². The minimum Gasteiger partial charge on any atom is -0.465 e. The molecule has 0 heterocycles. The lowest BCUT2D eigenvalue weighted by Crippen LogP contribution is -2.30. The lowest BCUT2D eigenvalue weighted by atomic mass is 10.3. The molecular weight excluding hydrogens is 280 g/mol. The van der Waals surface area contributed by atoms with Crippen molar-refractivity contribution in [2.45, 2.75) is 18.7 Å². The zero-order chi connectivity index (χ0) is 15.2. The molecule has 0 amide bonds. The molecule has 0 spiro atoms. The van der Waals surface area contributed by atoms with Gasteiger partial charge in [0.05, 0.1) is 12.3 Å². The fourth-order valence-electron chi connectivity index (χ4n) is 1.75. The van der Waals surface area contributed by atoms with E-state index in [-0.39, 0.29) is 11.4 Å². The van der Waals surface area contributed by atoms with Gasteiger partial charge < -0.3 is 9.64 Å². The van der Waals surface area contributed by atoms with Crippen LogP contribution in [0.4, 0.5) is 5.69 Å². The third-order valence-corrected chi connectivity index (χ3v) is 4.16. The molecule has 112 valence electrons. The van der Waals surface area contributed by atoms with E-state index in [1.54, 1.807) is 44.0 Å². The Morgan fingerprint density at radius 1 is 1.30 bits per heavy atom. The minimum atomic E-state index is -3.58. The van der Waals surface area contributed by atoms with E-state index in [1.165, 1.54) is 6.07 Å². The fourth-order valence-corrected chi connectivity index (χ4v) is 3.05. The lowest BCUT2D eigenvalue weighted by Gasteiger charge is -2.21. The molecular formula is C13H20N2O4S. The highest BCUT2D eigenvalue weighted by atomic mass is 32.2. The highest BCUT2D eigenvalue weighted by Gasteiger charge is 2.20. The molecule has 1 aromatic carbocycles. The largest absolute Gasteiger partial charge is 0.465 e. The Hall–Kier alpha value is -1.60. The molecule has 0 fully saturated rings. The van der Waals surface area contributed by atoms with E-state index in [0.717, 1.165) is 0 Å². The predicted molar refractivity (Wildman–Crippen MR) is 77.2 cm³/mol. The third kappa shape index (κ3) is 4.21. The molecule has 20 heavy (non-hydrogen) atoms. The SMILES string of the molecule is CCNS(=O)(=O)c1ccccc1N(C)CC(=O)OCC. The molecule has 0 saturated heterocycles. The molecule has 0 radical (unpaired) electrons. The summed E-state index contributed by atoms with van der Waals surface area (Å²) in [4.78, 5) is 13.2.